The molecule has 0 aliphatic carbocycles. The molecule has 1 N–H and O–H groups in total. The average molecular weight is 235 g/mol. The third-order valence-corrected chi connectivity index (χ3v) is 3.28. The standard InChI is InChI=1S/C15H25NO/c1-6-15(16-5)13-8-7-9-14(10-13)17-12(4)11(2)3/h7-12,15-16H,6H2,1-5H3. The summed E-state index contributed by atoms with van der Waals surface area (Å²) >= 11 is 0. The Morgan fingerprint density at radius 2 is 1.94 bits per heavy atom. The highest BCUT2D eigenvalue weighted by Gasteiger charge is 2.11. The zero-order chi connectivity index (χ0) is 12.8. The molecule has 17 heavy (non-hydrogen) atoms. The fourth-order valence-corrected chi connectivity index (χ4v) is 1.76. The lowest BCUT2D eigenvalue weighted by Gasteiger charge is -2.20. The summed E-state index contributed by atoms with van der Waals surface area (Å²) in [5.74, 6) is 1.50. The van der Waals surface area contributed by atoms with Gasteiger partial charge in [0, 0.05) is 6.04 Å². The second-order valence-corrected chi connectivity index (χ2v) is 4.89. The number of benzene rings is 1. The van der Waals surface area contributed by atoms with Crippen LogP contribution in [-0.2, 0) is 0 Å². The van der Waals surface area contributed by atoms with E-state index in [0.717, 1.165) is 12.2 Å². The molecule has 0 aliphatic heterocycles. The second-order valence-electron chi connectivity index (χ2n) is 4.89. The molecule has 1 aromatic rings. The number of rotatable bonds is 6. The van der Waals surface area contributed by atoms with Crippen molar-refractivity contribution in [3.05, 3.63) is 29.8 Å². The van der Waals surface area contributed by atoms with Crippen LogP contribution in [0.15, 0.2) is 24.3 Å². The van der Waals surface area contributed by atoms with Gasteiger partial charge in [-0.05, 0) is 44.0 Å². The van der Waals surface area contributed by atoms with Gasteiger partial charge in [0.25, 0.3) is 0 Å². The van der Waals surface area contributed by atoms with Gasteiger partial charge < -0.3 is 10.1 Å². The van der Waals surface area contributed by atoms with Crippen molar-refractivity contribution in [1.29, 1.82) is 0 Å². The molecular weight excluding hydrogens is 210 g/mol. The number of hydrogen-bond acceptors (Lipinski definition) is 2. The molecule has 0 spiro atoms. The van der Waals surface area contributed by atoms with Gasteiger partial charge >= 0.3 is 0 Å². The second kappa shape index (κ2) is 6.65. The molecule has 2 unspecified atom stereocenters. The zero-order valence-corrected chi connectivity index (χ0v) is 11.7. The summed E-state index contributed by atoms with van der Waals surface area (Å²) in [5, 5.41) is 3.32. The predicted octanol–water partition coefficient (Wildman–Crippen LogP) is 3.78. The first-order valence-corrected chi connectivity index (χ1v) is 6.52. The normalized spacial score (nSPS) is 14.7. The molecule has 0 amide bonds. The Hall–Kier alpha value is -1.02. The smallest absolute Gasteiger partial charge is 0.120 e. The lowest BCUT2D eigenvalue weighted by molar-refractivity contribution is 0.170. The van der Waals surface area contributed by atoms with Crippen LogP contribution in [0.25, 0.3) is 0 Å². The van der Waals surface area contributed by atoms with E-state index in [2.05, 4.69) is 51.2 Å². The largest absolute Gasteiger partial charge is 0.490 e. The van der Waals surface area contributed by atoms with Gasteiger partial charge in [-0.1, -0.05) is 32.9 Å². The highest BCUT2D eigenvalue weighted by Crippen LogP contribution is 2.23. The molecule has 0 saturated heterocycles. The molecule has 1 rings (SSSR count). The van der Waals surface area contributed by atoms with E-state index in [1.165, 1.54) is 5.56 Å². The van der Waals surface area contributed by atoms with Crippen molar-refractivity contribution in [1.82, 2.24) is 5.32 Å². The molecule has 1 aromatic carbocycles. The van der Waals surface area contributed by atoms with Crippen LogP contribution < -0.4 is 10.1 Å². The average Bonchev–Trinajstić information content (AvgIpc) is 2.31. The Bertz CT molecular complexity index is 331. The fourth-order valence-electron chi connectivity index (χ4n) is 1.76. The SMILES string of the molecule is CCC(NC)c1cccc(OC(C)C(C)C)c1. The molecule has 0 fully saturated rings. The monoisotopic (exact) mass is 235 g/mol. The Morgan fingerprint density at radius 1 is 1.24 bits per heavy atom. The van der Waals surface area contributed by atoms with Crippen LogP contribution in [0.2, 0.25) is 0 Å². The molecular formula is C15H25NO. The van der Waals surface area contributed by atoms with Crippen LogP contribution >= 0.6 is 0 Å². The molecule has 96 valence electrons. The molecule has 2 atom stereocenters. The van der Waals surface area contributed by atoms with Gasteiger partial charge in [-0.3, -0.25) is 0 Å². The fraction of sp³-hybridized carbons (Fsp3) is 0.600. The maximum absolute atomic E-state index is 5.93. The molecule has 0 saturated carbocycles. The van der Waals surface area contributed by atoms with E-state index in [1.54, 1.807) is 0 Å². The molecule has 0 bridgehead atoms. The Balaban J connectivity index is 2.78. The van der Waals surface area contributed by atoms with Crippen LogP contribution in [0, 0.1) is 5.92 Å². The Kier molecular flexibility index (Phi) is 5.49. The van der Waals surface area contributed by atoms with E-state index in [9.17, 15) is 0 Å². The molecule has 2 nitrogen and oxygen atoms in total. The highest BCUT2D eigenvalue weighted by molar-refractivity contribution is 5.30. The van der Waals surface area contributed by atoms with Crippen molar-refractivity contribution >= 4 is 0 Å². The summed E-state index contributed by atoms with van der Waals surface area (Å²) in [7, 11) is 2.00. The first-order chi connectivity index (χ1) is 8.08. The van der Waals surface area contributed by atoms with Gasteiger partial charge in [-0.15, -0.1) is 0 Å². The van der Waals surface area contributed by atoms with Crippen molar-refractivity contribution in [3.63, 3.8) is 0 Å². The summed E-state index contributed by atoms with van der Waals surface area (Å²) < 4.78 is 5.93. The van der Waals surface area contributed by atoms with E-state index in [-0.39, 0.29) is 6.10 Å². The molecule has 0 aliphatic rings. The van der Waals surface area contributed by atoms with E-state index in [1.807, 2.05) is 13.1 Å². The van der Waals surface area contributed by atoms with Crippen molar-refractivity contribution in [3.8, 4) is 5.75 Å². The van der Waals surface area contributed by atoms with Gasteiger partial charge in [-0.2, -0.15) is 0 Å². The van der Waals surface area contributed by atoms with Gasteiger partial charge in [-0.25, -0.2) is 0 Å². The first-order valence-electron chi connectivity index (χ1n) is 6.52. The predicted molar refractivity (Wildman–Crippen MR) is 73.5 cm³/mol. The van der Waals surface area contributed by atoms with Crippen LogP contribution in [-0.4, -0.2) is 13.2 Å². The minimum absolute atomic E-state index is 0.250. The summed E-state index contributed by atoms with van der Waals surface area (Å²) in [6.45, 7) is 8.66. The van der Waals surface area contributed by atoms with Gasteiger partial charge in [0.1, 0.15) is 5.75 Å². The van der Waals surface area contributed by atoms with Gasteiger partial charge in [0.2, 0.25) is 0 Å². The zero-order valence-electron chi connectivity index (χ0n) is 11.7. The van der Waals surface area contributed by atoms with E-state index in [0.29, 0.717) is 12.0 Å². The minimum atomic E-state index is 0.250. The third-order valence-electron chi connectivity index (χ3n) is 3.28. The first kappa shape index (κ1) is 14.0. The Morgan fingerprint density at radius 3 is 2.47 bits per heavy atom. The summed E-state index contributed by atoms with van der Waals surface area (Å²) in [5.41, 5.74) is 1.29. The maximum Gasteiger partial charge on any atom is 0.120 e. The van der Waals surface area contributed by atoms with Crippen molar-refractivity contribution in [2.24, 2.45) is 5.92 Å². The molecule has 2 heteroatoms. The van der Waals surface area contributed by atoms with Crippen LogP contribution in [0.3, 0.4) is 0 Å². The van der Waals surface area contributed by atoms with Crippen LogP contribution in [0.5, 0.6) is 5.75 Å². The topological polar surface area (TPSA) is 21.3 Å². The lowest BCUT2D eigenvalue weighted by Crippen LogP contribution is -2.19. The number of nitrogens with one attached hydrogen (secondary N) is 1. The number of ether oxygens (including phenoxy) is 1. The third kappa shape index (κ3) is 4.04. The van der Waals surface area contributed by atoms with E-state index < -0.39 is 0 Å². The van der Waals surface area contributed by atoms with Crippen molar-refractivity contribution in [2.75, 3.05) is 7.05 Å². The molecule has 0 radical (unpaired) electrons. The molecule has 0 aromatic heterocycles. The summed E-state index contributed by atoms with van der Waals surface area (Å²) in [6.07, 6.45) is 1.33. The lowest BCUT2D eigenvalue weighted by atomic mass is 10.0. The van der Waals surface area contributed by atoms with Crippen molar-refractivity contribution < 1.29 is 4.74 Å². The number of hydrogen-bond donors (Lipinski definition) is 1. The highest BCUT2D eigenvalue weighted by atomic mass is 16.5. The van der Waals surface area contributed by atoms with Gasteiger partial charge in [0.05, 0.1) is 6.10 Å². The van der Waals surface area contributed by atoms with Gasteiger partial charge in [0.15, 0.2) is 0 Å². The van der Waals surface area contributed by atoms with E-state index >= 15 is 0 Å². The summed E-state index contributed by atoms with van der Waals surface area (Å²) in [6, 6.07) is 8.80. The van der Waals surface area contributed by atoms with E-state index in [4.69, 9.17) is 4.74 Å². The quantitative estimate of drug-likeness (QED) is 0.810. The Labute approximate surface area is 105 Å². The van der Waals surface area contributed by atoms with Crippen LogP contribution in [0.1, 0.15) is 45.7 Å². The molecule has 0 heterocycles. The van der Waals surface area contributed by atoms with Crippen molar-refractivity contribution in [2.45, 2.75) is 46.3 Å². The van der Waals surface area contributed by atoms with Crippen LogP contribution in [0.4, 0.5) is 0 Å². The maximum atomic E-state index is 5.93. The minimum Gasteiger partial charge on any atom is -0.490 e. The summed E-state index contributed by atoms with van der Waals surface area (Å²) in [4.78, 5) is 0.